The van der Waals surface area contributed by atoms with E-state index in [-0.39, 0.29) is 5.91 Å². The van der Waals surface area contributed by atoms with Gasteiger partial charge in [-0.3, -0.25) is 9.52 Å². The van der Waals surface area contributed by atoms with Crippen LogP contribution in [0.1, 0.15) is 17.3 Å². The van der Waals surface area contributed by atoms with Crippen molar-refractivity contribution in [3.05, 3.63) is 60.3 Å². The minimum atomic E-state index is -3.34. The van der Waals surface area contributed by atoms with Gasteiger partial charge in [0.05, 0.1) is 23.7 Å². The molecule has 2 aromatic carbocycles. The molecule has 1 aliphatic rings. The molecule has 4 rings (SSSR count). The number of para-hydroxylation sites is 1. The van der Waals surface area contributed by atoms with Crippen molar-refractivity contribution >= 4 is 50.4 Å². The van der Waals surface area contributed by atoms with Gasteiger partial charge in [0, 0.05) is 25.0 Å². The number of rotatable bonds is 5. The van der Waals surface area contributed by atoms with Crippen LogP contribution in [0.25, 0.3) is 0 Å². The number of nitrogens with one attached hydrogen (secondary N) is 2. The second-order valence-corrected chi connectivity index (χ2v) is 8.85. The molecule has 2 heterocycles. The minimum Gasteiger partial charge on any atom is -0.327 e. The van der Waals surface area contributed by atoms with E-state index >= 15 is 0 Å². The van der Waals surface area contributed by atoms with Crippen LogP contribution < -0.4 is 19.8 Å². The molecule has 2 N–H and O–H groups in total. The van der Waals surface area contributed by atoms with Crippen LogP contribution >= 0.6 is 0 Å². The van der Waals surface area contributed by atoms with Crippen molar-refractivity contribution < 1.29 is 13.2 Å². The van der Waals surface area contributed by atoms with E-state index in [1.165, 1.54) is 0 Å². The monoisotopic (exact) mass is 438 g/mol. The quantitative estimate of drug-likeness (QED) is 0.629. The normalized spacial score (nSPS) is 13.3. The van der Waals surface area contributed by atoms with Crippen LogP contribution in [0.2, 0.25) is 0 Å². The Morgan fingerprint density at radius 1 is 1.00 bits per heavy atom. The number of nitrogens with zero attached hydrogens (tertiary/aromatic N) is 4. The molecule has 0 saturated heterocycles. The molecule has 0 saturated carbocycles. The molecule has 0 atom stereocenters. The van der Waals surface area contributed by atoms with Gasteiger partial charge < -0.3 is 15.1 Å². The zero-order chi connectivity index (χ0) is 22.2. The number of fused-ring (bicyclic) bond motifs is 2. The molecule has 0 spiro atoms. The molecule has 0 fully saturated rings. The number of benzene rings is 2. The van der Waals surface area contributed by atoms with Gasteiger partial charge in [0.15, 0.2) is 5.82 Å². The first-order valence-corrected chi connectivity index (χ1v) is 11.5. The highest BCUT2D eigenvalue weighted by atomic mass is 32.2. The third-order valence-electron chi connectivity index (χ3n) is 4.86. The Hall–Kier alpha value is -3.66. The summed E-state index contributed by atoms with van der Waals surface area (Å²) < 4.78 is 25.1. The summed E-state index contributed by atoms with van der Waals surface area (Å²) in [5.41, 5.74) is 3.16. The van der Waals surface area contributed by atoms with Crippen molar-refractivity contribution in [1.82, 2.24) is 9.97 Å². The molecule has 160 valence electrons. The highest BCUT2D eigenvalue weighted by molar-refractivity contribution is 7.92. The molecule has 31 heavy (non-hydrogen) atoms. The first-order chi connectivity index (χ1) is 14.8. The molecule has 1 amide bonds. The predicted molar refractivity (Wildman–Crippen MR) is 122 cm³/mol. The number of anilines is 6. The Labute approximate surface area is 180 Å². The van der Waals surface area contributed by atoms with Gasteiger partial charge >= 0.3 is 0 Å². The number of hydrogen-bond donors (Lipinski definition) is 2. The Morgan fingerprint density at radius 3 is 2.35 bits per heavy atom. The number of carbonyl (C=O) groups excluding carboxylic acids is 1. The first-order valence-electron chi connectivity index (χ1n) is 9.63. The second-order valence-electron chi connectivity index (χ2n) is 7.10. The number of sulfonamides is 1. The van der Waals surface area contributed by atoms with Crippen molar-refractivity contribution in [2.75, 3.05) is 39.7 Å². The predicted octanol–water partition coefficient (Wildman–Crippen LogP) is 3.34. The van der Waals surface area contributed by atoms with Crippen molar-refractivity contribution in [1.29, 1.82) is 0 Å². The average Bonchev–Trinajstić information content (AvgIpc) is 2.82. The van der Waals surface area contributed by atoms with Crippen LogP contribution in [0, 0.1) is 0 Å². The zero-order valence-corrected chi connectivity index (χ0v) is 18.1. The lowest BCUT2D eigenvalue weighted by molar-refractivity contribution is 0.0989. The summed E-state index contributed by atoms with van der Waals surface area (Å²) in [6, 6.07) is 14.2. The zero-order valence-electron chi connectivity index (χ0n) is 17.3. The Balaban J connectivity index is 1.68. The lowest BCUT2D eigenvalue weighted by atomic mass is 10.1. The minimum absolute atomic E-state index is 0.0954. The van der Waals surface area contributed by atoms with Crippen LogP contribution in [-0.4, -0.2) is 44.1 Å². The SMILES string of the molecule is CCN1C(=O)c2ccccc2N(C)c2nc(Nc3ccc(NS(C)(=O)=O)cc3)ncc21. The highest BCUT2D eigenvalue weighted by Gasteiger charge is 2.30. The van der Waals surface area contributed by atoms with Crippen LogP contribution in [0.5, 0.6) is 0 Å². The number of aromatic nitrogens is 2. The van der Waals surface area contributed by atoms with Gasteiger partial charge in [-0.2, -0.15) is 4.98 Å². The summed E-state index contributed by atoms with van der Waals surface area (Å²) >= 11 is 0. The third-order valence-corrected chi connectivity index (χ3v) is 5.47. The molecule has 9 nitrogen and oxygen atoms in total. The molecule has 0 radical (unpaired) electrons. The van der Waals surface area contributed by atoms with Gasteiger partial charge in [-0.05, 0) is 43.3 Å². The smallest absolute Gasteiger partial charge is 0.260 e. The van der Waals surface area contributed by atoms with E-state index in [0.717, 1.165) is 11.9 Å². The molecule has 3 aromatic rings. The molecule has 1 aromatic heterocycles. The summed E-state index contributed by atoms with van der Waals surface area (Å²) in [5.74, 6) is 0.868. The summed E-state index contributed by atoms with van der Waals surface area (Å²) in [7, 11) is -1.47. The van der Waals surface area contributed by atoms with Crippen LogP contribution in [0.15, 0.2) is 54.7 Å². The fraction of sp³-hybridized carbons (Fsp3) is 0.190. The van der Waals surface area contributed by atoms with E-state index in [9.17, 15) is 13.2 Å². The molecule has 10 heteroatoms. The second kappa shape index (κ2) is 7.88. The molecule has 0 unspecified atom stereocenters. The average molecular weight is 439 g/mol. The lowest BCUT2D eigenvalue weighted by Gasteiger charge is -2.22. The maximum Gasteiger partial charge on any atom is 0.260 e. The van der Waals surface area contributed by atoms with Gasteiger partial charge in [0.25, 0.3) is 5.91 Å². The van der Waals surface area contributed by atoms with Crippen molar-refractivity contribution in [2.45, 2.75) is 6.92 Å². The van der Waals surface area contributed by atoms with E-state index in [1.54, 1.807) is 41.4 Å². The number of amides is 1. The maximum absolute atomic E-state index is 13.1. The van der Waals surface area contributed by atoms with Crippen LogP contribution in [0.4, 0.5) is 34.5 Å². The van der Waals surface area contributed by atoms with Gasteiger partial charge in [-0.15, -0.1) is 0 Å². The first kappa shape index (κ1) is 20.6. The van der Waals surface area contributed by atoms with E-state index in [4.69, 9.17) is 0 Å². The van der Waals surface area contributed by atoms with Gasteiger partial charge in [-0.1, -0.05) is 12.1 Å². The molecular formula is C21H22N6O3S. The van der Waals surface area contributed by atoms with Gasteiger partial charge in [0.2, 0.25) is 16.0 Å². The third kappa shape index (κ3) is 4.15. The Morgan fingerprint density at radius 2 is 1.68 bits per heavy atom. The van der Waals surface area contributed by atoms with Gasteiger partial charge in [-0.25, -0.2) is 13.4 Å². The molecule has 1 aliphatic heterocycles. The van der Waals surface area contributed by atoms with Gasteiger partial charge in [0.1, 0.15) is 5.69 Å². The topological polar surface area (TPSA) is 108 Å². The number of carbonyl (C=O) groups is 1. The van der Waals surface area contributed by atoms with Crippen LogP contribution in [0.3, 0.4) is 0 Å². The van der Waals surface area contributed by atoms with E-state index in [0.29, 0.717) is 40.9 Å². The lowest BCUT2D eigenvalue weighted by Crippen LogP contribution is -2.30. The van der Waals surface area contributed by atoms with Crippen molar-refractivity contribution in [2.24, 2.45) is 0 Å². The van der Waals surface area contributed by atoms with Crippen molar-refractivity contribution in [3.8, 4) is 0 Å². The molecule has 0 bridgehead atoms. The summed E-state index contributed by atoms with van der Waals surface area (Å²) in [4.78, 5) is 25.6. The van der Waals surface area contributed by atoms with E-state index in [2.05, 4.69) is 20.0 Å². The molecular weight excluding hydrogens is 416 g/mol. The Kier molecular flexibility index (Phi) is 5.24. The van der Waals surface area contributed by atoms with Crippen molar-refractivity contribution in [3.63, 3.8) is 0 Å². The standard InChI is InChI=1S/C21H22N6O3S/c1-4-27-18-13-22-21(23-14-9-11-15(12-10-14)25-31(3,29)30)24-19(18)26(2)17-8-6-5-7-16(17)20(27)28/h5-13,25H,4H2,1-3H3,(H,22,23,24). The summed E-state index contributed by atoms with van der Waals surface area (Å²) in [6.07, 6.45) is 2.73. The largest absolute Gasteiger partial charge is 0.327 e. The van der Waals surface area contributed by atoms with Crippen LogP contribution in [-0.2, 0) is 10.0 Å². The van der Waals surface area contributed by atoms with E-state index < -0.39 is 10.0 Å². The fourth-order valence-corrected chi connectivity index (χ4v) is 4.02. The Bertz CT molecular complexity index is 1240. The maximum atomic E-state index is 13.1. The summed E-state index contributed by atoms with van der Waals surface area (Å²) in [5, 5.41) is 3.12. The van der Waals surface area contributed by atoms with E-state index in [1.807, 2.05) is 37.1 Å². The molecule has 0 aliphatic carbocycles. The number of hydrogen-bond acceptors (Lipinski definition) is 7. The summed E-state index contributed by atoms with van der Waals surface area (Å²) in [6.45, 7) is 2.40. The highest BCUT2D eigenvalue weighted by Crippen LogP contribution is 2.38. The fourth-order valence-electron chi connectivity index (χ4n) is 3.46.